The van der Waals surface area contributed by atoms with Gasteiger partial charge in [-0.05, 0) is 49.6 Å². The molecule has 1 heterocycles. The summed E-state index contributed by atoms with van der Waals surface area (Å²) in [7, 11) is 0. The van der Waals surface area contributed by atoms with E-state index in [1.54, 1.807) is 30.3 Å². The molecule has 142 valence electrons. The predicted octanol–water partition coefficient (Wildman–Crippen LogP) is 4.33. The molecule has 2 N–H and O–H groups in total. The van der Waals surface area contributed by atoms with E-state index in [0.29, 0.717) is 28.4 Å². The number of carbonyl (C=O) groups is 2. The van der Waals surface area contributed by atoms with Crippen LogP contribution in [0.25, 0.3) is 0 Å². The first-order chi connectivity index (χ1) is 13.1. The summed E-state index contributed by atoms with van der Waals surface area (Å²) in [4.78, 5) is 27.4. The Balaban J connectivity index is 1.86. The molecule has 6 heteroatoms. The Morgan fingerprint density at radius 1 is 1.04 bits per heavy atom. The second-order valence-electron chi connectivity index (χ2n) is 6.62. The Bertz CT molecular complexity index is 832. The van der Waals surface area contributed by atoms with E-state index in [9.17, 15) is 9.59 Å². The van der Waals surface area contributed by atoms with Crippen LogP contribution in [0, 0.1) is 0 Å². The molecule has 0 atom stereocenters. The topological polar surface area (TPSA) is 61.4 Å². The van der Waals surface area contributed by atoms with Gasteiger partial charge in [-0.2, -0.15) is 0 Å². The molecular weight excluding hydrogens is 362 g/mol. The highest BCUT2D eigenvalue weighted by atomic mass is 35.5. The zero-order valence-electron chi connectivity index (χ0n) is 15.4. The highest BCUT2D eigenvalue weighted by molar-refractivity contribution is 6.34. The maximum absolute atomic E-state index is 12.7. The van der Waals surface area contributed by atoms with Gasteiger partial charge in [-0.1, -0.05) is 30.7 Å². The minimum Gasteiger partial charge on any atom is -0.371 e. The fraction of sp³-hybridized carbons (Fsp3) is 0.333. The van der Waals surface area contributed by atoms with E-state index in [1.807, 2.05) is 19.1 Å². The van der Waals surface area contributed by atoms with Crippen LogP contribution < -0.4 is 15.5 Å². The van der Waals surface area contributed by atoms with Gasteiger partial charge in [0, 0.05) is 31.0 Å². The van der Waals surface area contributed by atoms with Crippen molar-refractivity contribution in [1.82, 2.24) is 5.32 Å². The third-order valence-corrected chi connectivity index (χ3v) is 4.93. The number of halogens is 1. The van der Waals surface area contributed by atoms with Crippen LogP contribution in [0.3, 0.4) is 0 Å². The van der Waals surface area contributed by atoms with Crippen molar-refractivity contribution in [3.63, 3.8) is 0 Å². The van der Waals surface area contributed by atoms with E-state index in [4.69, 9.17) is 11.6 Å². The largest absolute Gasteiger partial charge is 0.371 e. The molecule has 3 rings (SSSR count). The van der Waals surface area contributed by atoms with Crippen molar-refractivity contribution in [3.8, 4) is 0 Å². The van der Waals surface area contributed by atoms with E-state index in [2.05, 4.69) is 15.5 Å². The van der Waals surface area contributed by atoms with Crippen LogP contribution in [0.15, 0.2) is 42.5 Å². The van der Waals surface area contributed by atoms with Gasteiger partial charge in [0.2, 0.25) is 0 Å². The zero-order chi connectivity index (χ0) is 19.2. The molecule has 0 radical (unpaired) electrons. The molecule has 1 aliphatic heterocycles. The van der Waals surface area contributed by atoms with Crippen molar-refractivity contribution in [1.29, 1.82) is 0 Å². The number of carbonyl (C=O) groups excluding carboxylic acids is 2. The third-order valence-electron chi connectivity index (χ3n) is 4.60. The van der Waals surface area contributed by atoms with Crippen molar-refractivity contribution in [2.24, 2.45) is 0 Å². The first-order valence-electron chi connectivity index (χ1n) is 9.33. The second-order valence-corrected chi connectivity index (χ2v) is 7.02. The Kier molecular flexibility index (Phi) is 6.35. The Morgan fingerprint density at radius 2 is 1.78 bits per heavy atom. The maximum Gasteiger partial charge on any atom is 0.257 e. The molecule has 0 spiro atoms. The highest BCUT2D eigenvalue weighted by Crippen LogP contribution is 2.28. The number of benzene rings is 2. The van der Waals surface area contributed by atoms with Gasteiger partial charge in [-0.3, -0.25) is 9.59 Å². The van der Waals surface area contributed by atoms with Gasteiger partial charge in [-0.25, -0.2) is 0 Å². The smallest absolute Gasteiger partial charge is 0.257 e. The summed E-state index contributed by atoms with van der Waals surface area (Å²) in [5, 5.41) is 6.17. The standard InChI is InChI=1S/C21H24ClN3O2/c1-2-11-23-20(26)17-14-15(9-10-19(17)25-12-5-6-13-25)24-21(27)16-7-3-4-8-18(16)22/h3-4,7-10,14H,2,5-6,11-13H2,1H3,(H,23,26)(H,24,27). The minimum atomic E-state index is -0.297. The lowest BCUT2D eigenvalue weighted by atomic mass is 10.1. The molecule has 0 bridgehead atoms. The maximum atomic E-state index is 12.7. The summed E-state index contributed by atoms with van der Waals surface area (Å²) in [5.41, 5.74) is 2.48. The molecule has 1 aliphatic rings. The fourth-order valence-electron chi connectivity index (χ4n) is 3.21. The Morgan fingerprint density at radius 3 is 2.48 bits per heavy atom. The number of hydrogen-bond acceptors (Lipinski definition) is 3. The Hall–Kier alpha value is -2.53. The number of hydrogen-bond donors (Lipinski definition) is 2. The molecule has 0 unspecified atom stereocenters. The summed E-state index contributed by atoms with van der Waals surface area (Å²) in [6.45, 7) is 4.52. The van der Waals surface area contributed by atoms with Crippen LogP contribution >= 0.6 is 11.6 Å². The fourth-order valence-corrected chi connectivity index (χ4v) is 3.43. The average molecular weight is 386 g/mol. The van der Waals surface area contributed by atoms with E-state index < -0.39 is 0 Å². The molecule has 5 nitrogen and oxygen atoms in total. The molecule has 2 aromatic carbocycles. The van der Waals surface area contributed by atoms with Crippen LogP contribution in [0.2, 0.25) is 5.02 Å². The predicted molar refractivity (Wildman–Crippen MR) is 110 cm³/mol. The van der Waals surface area contributed by atoms with Crippen molar-refractivity contribution >= 4 is 34.8 Å². The van der Waals surface area contributed by atoms with Crippen molar-refractivity contribution in [3.05, 3.63) is 58.6 Å². The molecule has 1 fully saturated rings. The summed E-state index contributed by atoms with van der Waals surface area (Å²) >= 11 is 6.10. The molecule has 2 aromatic rings. The van der Waals surface area contributed by atoms with Gasteiger partial charge in [0.25, 0.3) is 11.8 Å². The van der Waals surface area contributed by atoms with Gasteiger partial charge < -0.3 is 15.5 Å². The summed E-state index contributed by atoms with van der Waals surface area (Å²) in [6.07, 6.45) is 3.12. The molecule has 2 amide bonds. The molecule has 27 heavy (non-hydrogen) atoms. The lowest BCUT2D eigenvalue weighted by Crippen LogP contribution is -2.28. The lowest BCUT2D eigenvalue weighted by Gasteiger charge is -2.22. The van der Waals surface area contributed by atoms with Gasteiger partial charge in [-0.15, -0.1) is 0 Å². The number of rotatable bonds is 6. The van der Waals surface area contributed by atoms with Crippen molar-refractivity contribution < 1.29 is 9.59 Å². The molecule has 0 aliphatic carbocycles. The van der Waals surface area contributed by atoms with Gasteiger partial charge in [0.1, 0.15) is 0 Å². The van der Waals surface area contributed by atoms with Crippen molar-refractivity contribution in [2.45, 2.75) is 26.2 Å². The van der Waals surface area contributed by atoms with E-state index in [1.165, 1.54) is 0 Å². The summed E-state index contributed by atoms with van der Waals surface area (Å²) in [5.74, 6) is -0.415. The number of anilines is 2. The quantitative estimate of drug-likeness (QED) is 0.777. The first kappa shape index (κ1) is 19.2. The summed E-state index contributed by atoms with van der Waals surface area (Å²) in [6, 6.07) is 12.4. The molecular formula is C21H24ClN3O2. The highest BCUT2D eigenvalue weighted by Gasteiger charge is 2.20. The number of amides is 2. The van der Waals surface area contributed by atoms with E-state index in [-0.39, 0.29) is 11.8 Å². The second kappa shape index (κ2) is 8.91. The lowest BCUT2D eigenvalue weighted by molar-refractivity contribution is 0.0952. The third kappa shape index (κ3) is 4.61. The van der Waals surface area contributed by atoms with Crippen LogP contribution in [0.4, 0.5) is 11.4 Å². The Labute approximate surface area is 164 Å². The molecule has 0 saturated carbocycles. The van der Waals surface area contributed by atoms with E-state index in [0.717, 1.165) is 38.0 Å². The molecule has 0 aromatic heterocycles. The monoisotopic (exact) mass is 385 g/mol. The minimum absolute atomic E-state index is 0.118. The zero-order valence-corrected chi connectivity index (χ0v) is 16.2. The van der Waals surface area contributed by atoms with E-state index >= 15 is 0 Å². The van der Waals surface area contributed by atoms with Crippen LogP contribution in [-0.2, 0) is 0 Å². The van der Waals surface area contributed by atoms with Gasteiger partial charge >= 0.3 is 0 Å². The SMILES string of the molecule is CCCNC(=O)c1cc(NC(=O)c2ccccc2Cl)ccc1N1CCCC1. The van der Waals surface area contributed by atoms with Gasteiger partial charge in [0.05, 0.1) is 16.1 Å². The first-order valence-corrected chi connectivity index (χ1v) is 9.71. The number of nitrogens with zero attached hydrogens (tertiary/aromatic N) is 1. The van der Waals surface area contributed by atoms with Gasteiger partial charge in [0.15, 0.2) is 0 Å². The number of nitrogens with one attached hydrogen (secondary N) is 2. The van der Waals surface area contributed by atoms with Crippen LogP contribution in [-0.4, -0.2) is 31.4 Å². The molecule has 1 saturated heterocycles. The van der Waals surface area contributed by atoms with Crippen molar-refractivity contribution in [2.75, 3.05) is 29.9 Å². The summed E-state index contributed by atoms with van der Waals surface area (Å²) < 4.78 is 0. The van der Waals surface area contributed by atoms with Crippen LogP contribution in [0.5, 0.6) is 0 Å². The average Bonchev–Trinajstić information content (AvgIpc) is 3.21. The van der Waals surface area contributed by atoms with Crippen LogP contribution in [0.1, 0.15) is 46.9 Å². The normalized spacial score (nSPS) is 13.5.